The van der Waals surface area contributed by atoms with Crippen molar-refractivity contribution < 1.29 is 4.79 Å². The normalized spacial score (nSPS) is 24.0. The number of rotatable bonds is 2. The molecule has 1 amide bonds. The van der Waals surface area contributed by atoms with Gasteiger partial charge in [-0.25, -0.2) is 0 Å². The Morgan fingerprint density at radius 2 is 2.28 bits per heavy atom. The molecule has 1 aliphatic rings. The lowest BCUT2D eigenvalue weighted by Gasteiger charge is -2.37. The fraction of sp³-hybridized carbons (Fsp3) is 0.500. The van der Waals surface area contributed by atoms with Crippen LogP contribution in [0.25, 0.3) is 0 Å². The number of hydrogen-bond acceptors (Lipinski definition) is 3. The Morgan fingerprint density at radius 1 is 1.50 bits per heavy atom. The van der Waals surface area contributed by atoms with Gasteiger partial charge in [-0.3, -0.25) is 4.79 Å². The average molecular weight is 264 g/mol. The summed E-state index contributed by atoms with van der Waals surface area (Å²) in [5.41, 5.74) is 7.45. The zero-order chi connectivity index (χ0) is 13.1. The summed E-state index contributed by atoms with van der Waals surface area (Å²) in [6.45, 7) is 5.18. The molecule has 98 valence electrons. The molecule has 1 aromatic carbocycles. The second kappa shape index (κ2) is 5.65. The summed E-state index contributed by atoms with van der Waals surface area (Å²) in [4.78, 5) is 14.3. The molecule has 0 bridgehead atoms. The molecule has 4 heteroatoms. The lowest BCUT2D eigenvalue weighted by atomic mass is 10.1. The molecule has 2 rings (SSSR count). The molecule has 0 aromatic heterocycles. The van der Waals surface area contributed by atoms with Crippen molar-refractivity contribution in [2.75, 3.05) is 18.0 Å². The van der Waals surface area contributed by atoms with E-state index >= 15 is 0 Å². The Labute approximate surface area is 113 Å². The minimum Gasteiger partial charge on any atom is -0.399 e. The third-order valence-electron chi connectivity index (χ3n) is 3.51. The van der Waals surface area contributed by atoms with Gasteiger partial charge in [-0.05, 0) is 24.6 Å². The molecule has 2 N–H and O–H groups in total. The van der Waals surface area contributed by atoms with E-state index in [2.05, 4.69) is 13.8 Å². The Kier molecular flexibility index (Phi) is 4.17. The predicted octanol–water partition coefficient (Wildman–Crippen LogP) is 2.16. The van der Waals surface area contributed by atoms with Crippen molar-refractivity contribution in [3.63, 3.8) is 0 Å². The molecule has 1 saturated heterocycles. The number of thioether (sulfide) groups is 1. The van der Waals surface area contributed by atoms with E-state index in [1.165, 1.54) is 0 Å². The van der Waals surface area contributed by atoms with Crippen LogP contribution in [0.4, 0.5) is 5.69 Å². The highest BCUT2D eigenvalue weighted by Crippen LogP contribution is 2.24. The Bertz CT molecular complexity index is 436. The summed E-state index contributed by atoms with van der Waals surface area (Å²) in [6, 6.07) is 7.90. The quantitative estimate of drug-likeness (QED) is 0.833. The molecule has 1 aromatic rings. The van der Waals surface area contributed by atoms with Crippen molar-refractivity contribution in [1.29, 1.82) is 0 Å². The number of hydrogen-bond donors (Lipinski definition) is 1. The molecule has 1 aliphatic heterocycles. The third-order valence-corrected chi connectivity index (χ3v) is 4.85. The highest BCUT2D eigenvalue weighted by Gasteiger charge is 2.28. The fourth-order valence-electron chi connectivity index (χ4n) is 2.26. The number of nitrogen functional groups attached to an aromatic ring is 1. The van der Waals surface area contributed by atoms with E-state index < -0.39 is 0 Å². The SMILES string of the molecule is CC1SCCN(C(=O)Cc2cccc(N)c2)C1C. The maximum atomic E-state index is 12.3. The molecule has 2 atom stereocenters. The summed E-state index contributed by atoms with van der Waals surface area (Å²) < 4.78 is 0. The standard InChI is InChI=1S/C14H20N2OS/c1-10-11(2)18-7-6-16(10)14(17)9-12-4-3-5-13(15)8-12/h3-5,8,10-11H,6-7,9,15H2,1-2H3. The van der Waals surface area contributed by atoms with Crippen LogP contribution in [0.5, 0.6) is 0 Å². The van der Waals surface area contributed by atoms with E-state index in [4.69, 9.17) is 5.73 Å². The van der Waals surface area contributed by atoms with E-state index in [9.17, 15) is 4.79 Å². The first kappa shape index (κ1) is 13.3. The summed E-state index contributed by atoms with van der Waals surface area (Å²) >= 11 is 1.94. The maximum absolute atomic E-state index is 12.3. The van der Waals surface area contributed by atoms with Gasteiger partial charge in [0.15, 0.2) is 0 Å². The smallest absolute Gasteiger partial charge is 0.227 e. The maximum Gasteiger partial charge on any atom is 0.227 e. The van der Waals surface area contributed by atoms with E-state index in [-0.39, 0.29) is 5.91 Å². The topological polar surface area (TPSA) is 46.3 Å². The van der Waals surface area contributed by atoms with Gasteiger partial charge in [0.1, 0.15) is 0 Å². The third kappa shape index (κ3) is 2.99. The van der Waals surface area contributed by atoms with Gasteiger partial charge in [0.25, 0.3) is 0 Å². The zero-order valence-electron chi connectivity index (χ0n) is 10.9. The largest absolute Gasteiger partial charge is 0.399 e. The van der Waals surface area contributed by atoms with Gasteiger partial charge in [0.2, 0.25) is 5.91 Å². The molecule has 0 radical (unpaired) electrons. The number of carbonyl (C=O) groups is 1. The van der Waals surface area contributed by atoms with Crippen molar-refractivity contribution >= 4 is 23.4 Å². The molecular formula is C14H20N2OS. The van der Waals surface area contributed by atoms with Crippen LogP contribution in [0.1, 0.15) is 19.4 Å². The highest BCUT2D eigenvalue weighted by atomic mass is 32.2. The van der Waals surface area contributed by atoms with Crippen LogP contribution >= 0.6 is 11.8 Å². The van der Waals surface area contributed by atoms with Crippen molar-refractivity contribution in [3.8, 4) is 0 Å². The molecule has 3 nitrogen and oxygen atoms in total. The molecule has 0 spiro atoms. The molecule has 0 saturated carbocycles. The fourth-order valence-corrected chi connectivity index (χ4v) is 3.36. The van der Waals surface area contributed by atoms with Gasteiger partial charge in [-0.15, -0.1) is 0 Å². The van der Waals surface area contributed by atoms with Crippen LogP contribution < -0.4 is 5.73 Å². The van der Waals surface area contributed by atoms with Gasteiger partial charge in [-0.2, -0.15) is 11.8 Å². The molecule has 2 unspecified atom stereocenters. The Hall–Kier alpha value is -1.16. The number of anilines is 1. The van der Waals surface area contributed by atoms with E-state index in [0.29, 0.717) is 17.7 Å². The van der Waals surface area contributed by atoms with Crippen LogP contribution in [0.15, 0.2) is 24.3 Å². The van der Waals surface area contributed by atoms with Gasteiger partial charge < -0.3 is 10.6 Å². The van der Waals surface area contributed by atoms with E-state index in [0.717, 1.165) is 23.5 Å². The first-order chi connectivity index (χ1) is 8.58. The molecule has 1 heterocycles. The van der Waals surface area contributed by atoms with Crippen LogP contribution in [-0.4, -0.2) is 34.4 Å². The number of nitrogens with two attached hydrogens (primary N) is 1. The van der Waals surface area contributed by atoms with Crippen molar-refractivity contribution in [1.82, 2.24) is 4.90 Å². The zero-order valence-corrected chi connectivity index (χ0v) is 11.7. The number of amides is 1. The van der Waals surface area contributed by atoms with Crippen LogP contribution in [-0.2, 0) is 11.2 Å². The van der Waals surface area contributed by atoms with Crippen molar-refractivity contribution in [2.45, 2.75) is 31.6 Å². The molecular weight excluding hydrogens is 244 g/mol. The lowest BCUT2D eigenvalue weighted by Crippen LogP contribution is -2.48. The molecule has 1 fully saturated rings. The van der Waals surface area contributed by atoms with Gasteiger partial charge in [0, 0.05) is 29.3 Å². The summed E-state index contributed by atoms with van der Waals surface area (Å²) in [5.74, 6) is 1.24. The lowest BCUT2D eigenvalue weighted by molar-refractivity contribution is -0.132. The minimum atomic E-state index is 0.209. The number of benzene rings is 1. The first-order valence-corrected chi connectivity index (χ1v) is 7.38. The van der Waals surface area contributed by atoms with Crippen LogP contribution in [0.3, 0.4) is 0 Å². The first-order valence-electron chi connectivity index (χ1n) is 6.33. The average Bonchev–Trinajstić information content (AvgIpc) is 2.32. The van der Waals surface area contributed by atoms with Gasteiger partial charge in [-0.1, -0.05) is 19.1 Å². The van der Waals surface area contributed by atoms with Gasteiger partial charge in [0.05, 0.1) is 6.42 Å². The second-order valence-electron chi connectivity index (χ2n) is 4.83. The number of carbonyl (C=O) groups excluding carboxylic acids is 1. The molecule has 18 heavy (non-hydrogen) atoms. The van der Waals surface area contributed by atoms with E-state index in [1.807, 2.05) is 40.9 Å². The molecule has 0 aliphatic carbocycles. The second-order valence-corrected chi connectivity index (χ2v) is 6.31. The van der Waals surface area contributed by atoms with Crippen LogP contribution in [0, 0.1) is 0 Å². The van der Waals surface area contributed by atoms with Crippen molar-refractivity contribution in [2.24, 2.45) is 0 Å². The predicted molar refractivity (Wildman–Crippen MR) is 77.7 cm³/mol. The monoisotopic (exact) mass is 264 g/mol. The number of nitrogens with zero attached hydrogens (tertiary/aromatic N) is 1. The van der Waals surface area contributed by atoms with Gasteiger partial charge >= 0.3 is 0 Å². The summed E-state index contributed by atoms with van der Waals surface area (Å²) in [5, 5.41) is 0.517. The van der Waals surface area contributed by atoms with E-state index in [1.54, 1.807) is 0 Å². The highest BCUT2D eigenvalue weighted by molar-refractivity contribution is 8.00. The van der Waals surface area contributed by atoms with Crippen LogP contribution in [0.2, 0.25) is 0 Å². The summed E-state index contributed by atoms with van der Waals surface area (Å²) in [7, 11) is 0. The Morgan fingerprint density at radius 3 is 3.00 bits per heavy atom. The minimum absolute atomic E-state index is 0.209. The summed E-state index contributed by atoms with van der Waals surface area (Å²) in [6.07, 6.45) is 0.451. The Balaban J connectivity index is 2.03. The van der Waals surface area contributed by atoms with Crippen molar-refractivity contribution in [3.05, 3.63) is 29.8 Å².